The highest BCUT2D eigenvalue weighted by Gasteiger charge is 2.04. The first-order valence-electron chi connectivity index (χ1n) is 2.59. The normalized spacial score (nSPS) is 10.1. The molecule has 0 aromatic rings. The van der Waals surface area contributed by atoms with E-state index >= 15 is 0 Å². The molecule has 0 spiro atoms. The van der Waals surface area contributed by atoms with Gasteiger partial charge in [0, 0.05) is 0 Å². The molecule has 0 rings (SSSR count). The summed E-state index contributed by atoms with van der Waals surface area (Å²) < 4.78 is 40.5. The molecule has 0 aliphatic rings. The van der Waals surface area contributed by atoms with Crippen molar-refractivity contribution in [1.29, 1.82) is 0 Å². The zero-order chi connectivity index (χ0) is 14.2. The van der Waals surface area contributed by atoms with Crippen LogP contribution in [0.15, 0.2) is 0 Å². The largest absolute Gasteiger partial charge is 0.473 e. The Labute approximate surface area is 87.6 Å². The highest BCUT2D eigenvalue weighted by atomic mass is 32.3. The number of rotatable bonds is 0. The van der Waals surface area contributed by atoms with Crippen molar-refractivity contribution in [3.63, 3.8) is 0 Å². The summed E-state index contributed by atoms with van der Waals surface area (Å²) in [4.78, 5) is 39.8. The van der Waals surface area contributed by atoms with Crippen molar-refractivity contribution in [2.45, 2.75) is 0 Å². The van der Waals surface area contributed by atoms with Crippen LogP contribution in [0.5, 0.6) is 0 Å². The molecule has 7 N–H and O–H groups in total. The summed E-state index contributed by atoms with van der Waals surface area (Å²) in [5, 5.41) is 14.8. The van der Waals surface area contributed by atoms with Gasteiger partial charge in [-0.3, -0.25) is 9.11 Å². The Bertz CT molecular complexity index is 330. The van der Waals surface area contributed by atoms with Gasteiger partial charge in [-0.2, -0.15) is 8.42 Å². The third kappa shape index (κ3) is 215. The van der Waals surface area contributed by atoms with E-state index in [0.29, 0.717) is 0 Å². The average molecular weight is 286 g/mol. The topological polar surface area (TPSA) is 227 Å². The number of carbonyl (C=O) groups is 2. The first-order valence-corrected chi connectivity index (χ1v) is 5.55. The van der Waals surface area contributed by atoms with Gasteiger partial charge >= 0.3 is 30.2 Å². The van der Waals surface area contributed by atoms with E-state index in [1.807, 2.05) is 0 Å². The van der Waals surface area contributed by atoms with E-state index in [0.717, 1.165) is 0 Å². The molecule has 16 heavy (non-hydrogen) atoms. The lowest BCUT2D eigenvalue weighted by Gasteiger charge is -1.82. The number of phosphoric acid groups is 1. The van der Waals surface area contributed by atoms with Crippen molar-refractivity contribution < 1.29 is 56.6 Å². The zero-order valence-electron chi connectivity index (χ0n) is 7.03. The summed E-state index contributed by atoms with van der Waals surface area (Å²) >= 11 is 0. The van der Waals surface area contributed by atoms with Crippen LogP contribution in [-0.2, 0) is 24.6 Å². The second-order valence-electron chi connectivity index (χ2n) is 1.57. The summed E-state index contributed by atoms with van der Waals surface area (Å²) in [5.41, 5.74) is 0. The van der Waals surface area contributed by atoms with E-state index in [-0.39, 0.29) is 0 Å². The SMILES string of the molecule is O=C(O)C(=O)O.O=P(O)(O)O.O=S(=O)(O)O. The smallest absolute Gasteiger partial charge is 0.466 e. The maximum atomic E-state index is 9.10. The molecular weight excluding hydrogens is 279 g/mol. The van der Waals surface area contributed by atoms with Crippen molar-refractivity contribution in [3.8, 4) is 0 Å². The molecule has 0 aromatic carbocycles. The van der Waals surface area contributed by atoms with Gasteiger partial charge < -0.3 is 24.9 Å². The predicted octanol–water partition coefficient (Wildman–Crippen LogP) is -2.43. The highest BCUT2D eigenvalue weighted by Crippen LogP contribution is 2.25. The lowest BCUT2D eigenvalue weighted by molar-refractivity contribution is -0.159. The van der Waals surface area contributed by atoms with E-state index < -0.39 is 30.2 Å². The molecule has 0 saturated carbocycles. The lowest BCUT2D eigenvalue weighted by Crippen LogP contribution is -2.09. The minimum absolute atomic E-state index is 1.82. The fraction of sp³-hybridized carbons (Fsp3) is 0. The fourth-order valence-electron chi connectivity index (χ4n) is 0. The molecule has 0 aliphatic heterocycles. The summed E-state index contributed by atoms with van der Waals surface area (Å²) in [6.07, 6.45) is 0. The number of carboxylic acids is 2. The van der Waals surface area contributed by atoms with Gasteiger partial charge in [-0.15, -0.1) is 0 Å². The third-order valence-electron chi connectivity index (χ3n) is 0.183. The summed E-state index contributed by atoms with van der Waals surface area (Å²) in [5.74, 6) is -3.65. The van der Waals surface area contributed by atoms with Gasteiger partial charge in [-0.25, -0.2) is 14.2 Å². The molecular formula is C2H7O12PS. The molecule has 98 valence electrons. The molecule has 0 heterocycles. The van der Waals surface area contributed by atoms with E-state index in [4.69, 9.17) is 56.6 Å². The fourth-order valence-corrected chi connectivity index (χ4v) is 0. The minimum Gasteiger partial charge on any atom is -0.473 e. The van der Waals surface area contributed by atoms with Gasteiger partial charge in [0.25, 0.3) is 0 Å². The number of hydrogen-bond donors (Lipinski definition) is 7. The zero-order valence-corrected chi connectivity index (χ0v) is 8.74. The van der Waals surface area contributed by atoms with Crippen molar-refractivity contribution >= 4 is 30.2 Å². The Morgan fingerprint density at radius 2 is 0.938 bits per heavy atom. The van der Waals surface area contributed by atoms with Crippen LogP contribution in [0.2, 0.25) is 0 Å². The lowest BCUT2D eigenvalue weighted by atomic mass is 10.7. The maximum Gasteiger partial charge on any atom is 0.466 e. The van der Waals surface area contributed by atoms with E-state index in [2.05, 4.69) is 0 Å². The van der Waals surface area contributed by atoms with Crippen LogP contribution in [0.3, 0.4) is 0 Å². The maximum absolute atomic E-state index is 9.10. The van der Waals surface area contributed by atoms with E-state index in [9.17, 15) is 0 Å². The van der Waals surface area contributed by atoms with Crippen molar-refractivity contribution in [3.05, 3.63) is 0 Å². The van der Waals surface area contributed by atoms with Crippen LogP contribution in [0.1, 0.15) is 0 Å². The van der Waals surface area contributed by atoms with Crippen molar-refractivity contribution in [2.75, 3.05) is 0 Å². The summed E-state index contributed by atoms with van der Waals surface area (Å²) in [6, 6.07) is 0. The molecule has 0 aromatic heterocycles. The average Bonchev–Trinajstić information content (AvgIpc) is 1.77. The summed E-state index contributed by atoms with van der Waals surface area (Å²) in [7, 11) is -9.31. The minimum atomic E-state index is -4.67. The van der Waals surface area contributed by atoms with Gasteiger partial charge in [0.15, 0.2) is 0 Å². The van der Waals surface area contributed by atoms with Gasteiger partial charge in [0.1, 0.15) is 0 Å². The first-order chi connectivity index (χ1) is 6.64. The highest BCUT2D eigenvalue weighted by molar-refractivity contribution is 7.79. The molecule has 0 aliphatic carbocycles. The quantitative estimate of drug-likeness (QED) is 0.140. The van der Waals surface area contributed by atoms with Gasteiger partial charge in [-0.1, -0.05) is 0 Å². The standard InChI is InChI=1S/C2H2O4.H3O4P.H2O4S/c3-1(4)2(5)6;2*1-5(2,3)4/h(H,3,4)(H,5,6);(H3,1,2,3,4);(H2,1,2,3,4). The molecule has 0 fully saturated rings. The van der Waals surface area contributed by atoms with Gasteiger partial charge in [-0.05, 0) is 0 Å². The Morgan fingerprint density at radius 3 is 0.938 bits per heavy atom. The van der Waals surface area contributed by atoms with Crippen LogP contribution in [0.4, 0.5) is 0 Å². The molecule has 0 unspecified atom stereocenters. The third-order valence-corrected chi connectivity index (χ3v) is 0.183. The predicted molar refractivity (Wildman–Crippen MR) is 43.7 cm³/mol. The second-order valence-corrected chi connectivity index (χ2v) is 3.49. The van der Waals surface area contributed by atoms with Gasteiger partial charge in [0.2, 0.25) is 0 Å². The van der Waals surface area contributed by atoms with Gasteiger partial charge in [0.05, 0.1) is 0 Å². The molecule has 12 nitrogen and oxygen atoms in total. The molecule has 14 heteroatoms. The number of hydrogen-bond acceptors (Lipinski definition) is 5. The molecule has 0 bridgehead atoms. The van der Waals surface area contributed by atoms with Crippen LogP contribution in [0, 0.1) is 0 Å². The Hall–Kier alpha value is -1.08. The van der Waals surface area contributed by atoms with Crippen LogP contribution < -0.4 is 0 Å². The Balaban J connectivity index is -0.000000160. The molecule has 0 atom stereocenters. The second kappa shape index (κ2) is 8.12. The van der Waals surface area contributed by atoms with Crippen LogP contribution in [0.25, 0.3) is 0 Å². The number of carboxylic acid groups (broad SMARTS) is 2. The molecule has 0 amide bonds. The molecule has 0 radical (unpaired) electrons. The van der Waals surface area contributed by atoms with Crippen LogP contribution >= 0.6 is 7.82 Å². The monoisotopic (exact) mass is 286 g/mol. The van der Waals surface area contributed by atoms with E-state index in [1.165, 1.54) is 0 Å². The first kappa shape index (κ1) is 20.3. The number of aliphatic carboxylic acids is 2. The molecule has 0 saturated heterocycles. The Kier molecular flexibility index (Phi) is 10.3. The summed E-state index contributed by atoms with van der Waals surface area (Å²) in [6.45, 7) is 0. The van der Waals surface area contributed by atoms with Crippen LogP contribution in [-0.4, -0.2) is 54.4 Å². The van der Waals surface area contributed by atoms with Crippen molar-refractivity contribution in [2.24, 2.45) is 0 Å². The van der Waals surface area contributed by atoms with Crippen molar-refractivity contribution in [1.82, 2.24) is 0 Å². The van der Waals surface area contributed by atoms with E-state index in [1.54, 1.807) is 0 Å². The Morgan fingerprint density at radius 1 is 0.875 bits per heavy atom.